The van der Waals surface area contributed by atoms with Crippen molar-refractivity contribution in [2.24, 2.45) is 0 Å². The fourth-order valence-electron chi connectivity index (χ4n) is 3.42. The molecular formula is C23H32N2O3. The minimum absolute atomic E-state index is 0.136. The first-order valence-electron chi connectivity index (χ1n) is 9.93. The standard InChI is InChI=1S/C21H26N2O3.C2H6/c1-14-12-23(13-15(2)26-14)18-10-8-17(9-11-18)22-21(24)19-6-5-7-20(25-4)16(19)3;1-2/h5-11,14-15H,12-13H2,1-4H3,(H,22,24);1-2H3. The lowest BCUT2D eigenvalue weighted by molar-refractivity contribution is -0.00521. The van der Waals surface area contributed by atoms with Crippen LogP contribution in [0.4, 0.5) is 11.4 Å². The second-order valence-electron chi connectivity index (χ2n) is 6.80. The number of carbonyl (C=O) groups is 1. The molecular weight excluding hydrogens is 352 g/mol. The van der Waals surface area contributed by atoms with Gasteiger partial charge in [0.2, 0.25) is 0 Å². The van der Waals surface area contributed by atoms with Crippen LogP contribution in [0, 0.1) is 6.92 Å². The highest BCUT2D eigenvalue weighted by Gasteiger charge is 2.22. The highest BCUT2D eigenvalue weighted by Crippen LogP contribution is 2.24. The molecule has 2 unspecified atom stereocenters. The topological polar surface area (TPSA) is 50.8 Å². The molecule has 2 aromatic carbocycles. The quantitative estimate of drug-likeness (QED) is 0.815. The van der Waals surface area contributed by atoms with Crippen LogP contribution in [0.2, 0.25) is 0 Å². The molecule has 152 valence electrons. The molecule has 5 nitrogen and oxygen atoms in total. The fourth-order valence-corrected chi connectivity index (χ4v) is 3.42. The summed E-state index contributed by atoms with van der Waals surface area (Å²) >= 11 is 0. The van der Waals surface area contributed by atoms with Crippen LogP contribution >= 0.6 is 0 Å². The van der Waals surface area contributed by atoms with E-state index in [2.05, 4.69) is 24.1 Å². The molecule has 1 saturated heterocycles. The Morgan fingerprint density at radius 2 is 1.68 bits per heavy atom. The number of nitrogens with one attached hydrogen (secondary N) is 1. The summed E-state index contributed by atoms with van der Waals surface area (Å²) in [6, 6.07) is 13.4. The molecule has 1 N–H and O–H groups in total. The van der Waals surface area contributed by atoms with Gasteiger partial charge in [0.25, 0.3) is 5.91 Å². The molecule has 2 atom stereocenters. The summed E-state index contributed by atoms with van der Waals surface area (Å²) in [7, 11) is 1.61. The number of rotatable bonds is 4. The zero-order valence-corrected chi connectivity index (χ0v) is 17.8. The first kappa shape index (κ1) is 21.8. The molecule has 1 fully saturated rings. The summed E-state index contributed by atoms with van der Waals surface area (Å²) in [5.74, 6) is 0.575. The van der Waals surface area contributed by atoms with Gasteiger partial charge in [-0.05, 0) is 57.2 Å². The van der Waals surface area contributed by atoms with Crippen molar-refractivity contribution in [3.05, 3.63) is 53.6 Å². The smallest absolute Gasteiger partial charge is 0.256 e. The van der Waals surface area contributed by atoms with Crippen molar-refractivity contribution in [1.82, 2.24) is 0 Å². The summed E-state index contributed by atoms with van der Waals surface area (Å²) in [4.78, 5) is 14.9. The first-order chi connectivity index (χ1) is 13.5. The molecule has 1 heterocycles. The van der Waals surface area contributed by atoms with Crippen LogP contribution in [0.3, 0.4) is 0 Å². The average molecular weight is 385 g/mol. The van der Waals surface area contributed by atoms with E-state index < -0.39 is 0 Å². The minimum atomic E-state index is -0.136. The van der Waals surface area contributed by atoms with Gasteiger partial charge < -0.3 is 19.7 Å². The normalized spacial score (nSPS) is 18.7. The number of hydrogen-bond donors (Lipinski definition) is 1. The third kappa shape index (κ3) is 5.26. The minimum Gasteiger partial charge on any atom is -0.496 e. The molecule has 0 aliphatic carbocycles. The molecule has 0 bridgehead atoms. The Bertz CT molecular complexity index is 764. The van der Waals surface area contributed by atoms with Crippen LogP contribution in [0.5, 0.6) is 5.75 Å². The van der Waals surface area contributed by atoms with Gasteiger partial charge in [-0.3, -0.25) is 4.79 Å². The van der Waals surface area contributed by atoms with Crippen molar-refractivity contribution in [1.29, 1.82) is 0 Å². The number of methoxy groups -OCH3 is 1. The largest absolute Gasteiger partial charge is 0.496 e. The molecule has 0 radical (unpaired) electrons. The Morgan fingerprint density at radius 1 is 1.07 bits per heavy atom. The van der Waals surface area contributed by atoms with E-state index in [1.807, 2.05) is 57.2 Å². The van der Waals surface area contributed by atoms with Crippen LogP contribution < -0.4 is 15.0 Å². The molecule has 1 aliphatic heterocycles. The number of nitrogens with zero attached hydrogens (tertiary/aromatic N) is 1. The van der Waals surface area contributed by atoms with Crippen molar-refractivity contribution in [2.75, 3.05) is 30.4 Å². The predicted octanol–water partition coefficient (Wildman–Crippen LogP) is 4.90. The number of morpholine rings is 1. The van der Waals surface area contributed by atoms with Crippen LogP contribution in [-0.2, 0) is 4.74 Å². The van der Waals surface area contributed by atoms with Crippen LogP contribution in [0.25, 0.3) is 0 Å². The molecule has 3 rings (SSSR count). The molecule has 1 amide bonds. The lowest BCUT2D eigenvalue weighted by atomic mass is 10.1. The zero-order valence-electron chi connectivity index (χ0n) is 17.8. The Morgan fingerprint density at radius 3 is 2.25 bits per heavy atom. The highest BCUT2D eigenvalue weighted by atomic mass is 16.5. The van der Waals surface area contributed by atoms with E-state index in [0.717, 1.165) is 30.0 Å². The average Bonchev–Trinajstić information content (AvgIpc) is 2.69. The van der Waals surface area contributed by atoms with Gasteiger partial charge >= 0.3 is 0 Å². The summed E-state index contributed by atoms with van der Waals surface area (Å²) < 4.78 is 11.1. The van der Waals surface area contributed by atoms with E-state index in [1.165, 1.54) is 0 Å². The van der Waals surface area contributed by atoms with E-state index in [-0.39, 0.29) is 18.1 Å². The number of anilines is 2. The Kier molecular flexibility index (Phi) is 7.88. The molecule has 0 spiro atoms. The maximum Gasteiger partial charge on any atom is 0.256 e. The Balaban J connectivity index is 0.00000136. The van der Waals surface area contributed by atoms with Gasteiger partial charge in [0.1, 0.15) is 5.75 Å². The van der Waals surface area contributed by atoms with Gasteiger partial charge in [-0.25, -0.2) is 0 Å². The number of hydrogen-bond acceptors (Lipinski definition) is 4. The third-order valence-corrected chi connectivity index (χ3v) is 4.66. The molecule has 28 heavy (non-hydrogen) atoms. The number of ether oxygens (including phenoxy) is 2. The van der Waals surface area contributed by atoms with Crippen molar-refractivity contribution in [2.45, 2.75) is 46.8 Å². The third-order valence-electron chi connectivity index (χ3n) is 4.66. The second-order valence-corrected chi connectivity index (χ2v) is 6.80. The first-order valence-corrected chi connectivity index (χ1v) is 9.93. The van der Waals surface area contributed by atoms with Gasteiger partial charge in [0.15, 0.2) is 0 Å². The fraction of sp³-hybridized carbons (Fsp3) is 0.435. The van der Waals surface area contributed by atoms with Crippen LogP contribution in [0.1, 0.15) is 43.6 Å². The summed E-state index contributed by atoms with van der Waals surface area (Å²) in [5.41, 5.74) is 3.36. The van der Waals surface area contributed by atoms with E-state index in [4.69, 9.17) is 9.47 Å². The van der Waals surface area contributed by atoms with Crippen LogP contribution in [-0.4, -0.2) is 38.3 Å². The summed E-state index contributed by atoms with van der Waals surface area (Å²) in [6.45, 7) is 11.8. The van der Waals surface area contributed by atoms with Crippen molar-refractivity contribution < 1.29 is 14.3 Å². The van der Waals surface area contributed by atoms with Gasteiger partial charge in [0.05, 0.1) is 19.3 Å². The number of amides is 1. The Hall–Kier alpha value is -2.53. The van der Waals surface area contributed by atoms with Crippen molar-refractivity contribution >= 4 is 17.3 Å². The van der Waals surface area contributed by atoms with Gasteiger partial charge in [0, 0.05) is 35.6 Å². The van der Waals surface area contributed by atoms with E-state index in [0.29, 0.717) is 11.3 Å². The second kappa shape index (κ2) is 10.1. The number of benzene rings is 2. The lowest BCUT2D eigenvalue weighted by Gasteiger charge is -2.36. The molecule has 2 aromatic rings. The SMILES string of the molecule is CC.COc1cccc(C(=O)Nc2ccc(N3CC(C)OC(C)C3)cc2)c1C. The van der Waals surface area contributed by atoms with Gasteiger partial charge in [-0.2, -0.15) is 0 Å². The maximum atomic E-state index is 12.6. The Labute approximate surface area is 168 Å². The molecule has 1 aliphatic rings. The molecule has 0 saturated carbocycles. The maximum absolute atomic E-state index is 12.6. The lowest BCUT2D eigenvalue weighted by Crippen LogP contribution is -2.45. The van der Waals surface area contributed by atoms with E-state index in [9.17, 15) is 4.79 Å². The van der Waals surface area contributed by atoms with Crippen molar-refractivity contribution in [3.63, 3.8) is 0 Å². The number of carbonyl (C=O) groups excluding carboxylic acids is 1. The molecule has 0 aromatic heterocycles. The van der Waals surface area contributed by atoms with Crippen molar-refractivity contribution in [3.8, 4) is 5.75 Å². The van der Waals surface area contributed by atoms with E-state index >= 15 is 0 Å². The van der Waals surface area contributed by atoms with Crippen LogP contribution in [0.15, 0.2) is 42.5 Å². The molecule has 5 heteroatoms. The summed E-state index contributed by atoms with van der Waals surface area (Å²) in [6.07, 6.45) is 0.434. The predicted molar refractivity (Wildman–Crippen MR) is 116 cm³/mol. The van der Waals surface area contributed by atoms with Gasteiger partial charge in [-0.15, -0.1) is 0 Å². The summed E-state index contributed by atoms with van der Waals surface area (Å²) in [5, 5.41) is 2.96. The van der Waals surface area contributed by atoms with E-state index in [1.54, 1.807) is 13.2 Å². The highest BCUT2D eigenvalue weighted by molar-refractivity contribution is 6.05. The zero-order chi connectivity index (χ0) is 20.7. The van der Waals surface area contributed by atoms with Gasteiger partial charge in [-0.1, -0.05) is 19.9 Å². The monoisotopic (exact) mass is 384 g/mol.